The lowest BCUT2D eigenvalue weighted by molar-refractivity contribution is 0.0691. The van der Waals surface area contributed by atoms with Crippen LogP contribution in [0.1, 0.15) is 22.8 Å². The Morgan fingerprint density at radius 3 is 2.53 bits per heavy atom. The van der Waals surface area contributed by atoms with E-state index in [0.717, 1.165) is 12.1 Å². The fraction of sp³-hybridized carbons (Fsp3) is 0.250. The maximum absolute atomic E-state index is 13.5. The first-order valence-corrected chi connectivity index (χ1v) is 6.81. The molecular weight excluding hydrogens is 273 g/mol. The van der Waals surface area contributed by atoms with Crippen molar-refractivity contribution in [2.24, 2.45) is 0 Å². The monoisotopic (exact) mass is 287 g/mol. The second-order valence-electron chi connectivity index (χ2n) is 4.19. The number of hydrogen-bond donors (Lipinski definition) is 2. The maximum atomic E-state index is 13.5. The van der Waals surface area contributed by atoms with E-state index in [1.54, 1.807) is 6.92 Å². The number of halogens is 1. The third-order valence-corrected chi connectivity index (χ3v) is 3.71. The molecule has 1 aromatic carbocycles. The average Bonchev–Trinajstić information content (AvgIpc) is 2.29. The predicted octanol–water partition coefficient (Wildman–Crippen LogP) is 1.69. The molecule has 0 aromatic heterocycles. The van der Waals surface area contributed by atoms with Crippen LogP contribution in [-0.2, 0) is 10.0 Å². The van der Waals surface area contributed by atoms with Crippen molar-refractivity contribution in [3.8, 4) is 0 Å². The van der Waals surface area contributed by atoms with Gasteiger partial charge in [-0.1, -0.05) is 12.2 Å². The van der Waals surface area contributed by atoms with Crippen molar-refractivity contribution in [1.82, 2.24) is 4.72 Å². The first kappa shape index (κ1) is 15.3. The fourth-order valence-electron chi connectivity index (χ4n) is 1.35. The molecule has 0 amide bonds. The molecule has 1 rings (SSSR count). The van der Waals surface area contributed by atoms with Gasteiger partial charge in [0.25, 0.3) is 0 Å². The van der Waals surface area contributed by atoms with Crippen LogP contribution in [0.25, 0.3) is 0 Å². The van der Waals surface area contributed by atoms with Gasteiger partial charge in [-0.2, -0.15) is 0 Å². The molecule has 5 nitrogen and oxygen atoms in total. The first-order valence-electron chi connectivity index (χ1n) is 5.32. The van der Waals surface area contributed by atoms with Crippen molar-refractivity contribution in [2.75, 3.05) is 6.54 Å². The minimum absolute atomic E-state index is 0.0289. The van der Waals surface area contributed by atoms with Gasteiger partial charge < -0.3 is 5.11 Å². The molecule has 7 heteroatoms. The van der Waals surface area contributed by atoms with Gasteiger partial charge in [0.1, 0.15) is 5.82 Å². The molecule has 0 saturated heterocycles. The highest BCUT2D eigenvalue weighted by Crippen LogP contribution is 2.19. The standard InChI is InChI=1S/C12H14FNO4S/c1-7(2)6-14-19(17,18)9-4-8(3)11(13)10(5-9)12(15)16/h4-5,14H,1,6H2,2-3H3,(H,15,16). The SMILES string of the molecule is C=C(C)CNS(=O)(=O)c1cc(C)c(F)c(C(=O)O)c1. The normalized spacial score (nSPS) is 11.3. The van der Waals surface area contributed by atoms with Crippen LogP contribution in [0.3, 0.4) is 0 Å². The molecule has 0 heterocycles. The maximum Gasteiger partial charge on any atom is 0.338 e. The number of aromatic carboxylic acids is 1. The van der Waals surface area contributed by atoms with Crippen molar-refractivity contribution < 1.29 is 22.7 Å². The zero-order valence-corrected chi connectivity index (χ0v) is 11.3. The van der Waals surface area contributed by atoms with Crippen LogP contribution >= 0.6 is 0 Å². The Hall–Kier alpha value is -1.73. The average molecular weight is 287 g/mol. The minimum Gasteiger partial charge on any atom is -0.478 e. The lowest BCUT2D eigenvalue weighted by Crippen LogP contribution is -2.25. The molecule has 0 aliphatic heterocycles. The van der Waals surface area contributed by atoms with E-state index in [0.29, 0.717) is 5.57 Å². The number of carbonyl (C=O) groups is 1. The summed E-state index contributed by atoms with van der Waals surface area (Å²) in [5.41, 5.74) is -0.118. The first-order chi connectivity index (χ1) is 8.65. The molecule has 2 N–H and O–H groups in total. The summed E-state index contributed by atoms with van der Waals surface area (Å²) in [6.45, 7) is 6.52. The van der Waals surface area contributed by atoms with Crippen molar-refractivity contribution >= 4 is 16.0 Å². The number of aryl methyl sites for hydroxylation is 1. The highest BCUT2D eigenvalue weighted by Gasteiger charge is 2.20. The summed E-state index contributed by atoms with van der Waals surface area (Å²) in [6.07, 6.45) is 0. The van der Waals surface area contributed by atoms with Gasteiger partial charge in [0.05, 0.1) is 10.5 Å². The largest absolute Gasteiger partial charge is 0.478 e. The Morgan fingerprint density at radius 2 is 2.05 bits per heavy atom. The number of benzene rings is 1. The van der Waals surface area contributed by atoms with Crippen LogP contribution in [0.2, 0.25) is 0 Å². The second kappa shape index (κ2) is 5.50. The highest BCUT2D eigenvalue weighted by atomic mass is 32.2. The number of sulfonamides is 1. The summed E-state index contributed by atoms with van der Waals surface area (Å²) in [4.78, 5) is 10.6. The number of hydrogen-bond acceptors (Lipinski definition) is 3. The van der Waals surface area contributed by atoms with Gasteiger partial charge in [0, 0.05) is 6.54 Å². The van der Waals surface area contributed by atoms with Gasteiger partial charge in [-0.15, -0.1) is 0 Å². The van der Waals surface area contributed by atoms with E-state index in [1.807, 2.05) is 0 Å². The summed E-state index contributed by atoms with van der Waals surface area (Å²) in [7, 11) is -3.89. The molecule has 0 bridgehead atoms. The summed E-state index contributed by atoms with van der Waals surface area (Å²) in [5, 5.41) is 8.83. The zero-order chi connectivity index (χ0) is 14.8. The Balaban J connectivity index is 3.28. The number of nitrogens with one attached hydrogen (secondary N) is 1. The van der Waals surface area contributed by atoms with Crippen LogP contribution in [0.5, 0.6) is 0 Å². The van der Waals surface area contributed by atoms with E-state index in [9.17, 15) is 17.6 Å². The van der Waals surface area contributed by atoms with Crippen LogP contribution in [-0.4, -0.2) is 26.0 Å². The Morgan fingerprint density at radius 1 is 1.47 bits per heavy atom. The molecule has 0 aliphatic carbocycles. The predicted molar refractivity (Wildman–Crippen MR) is 68.1 cm³/mol. The van der Waals surface area contributed by atoms with Crippen molar-refractivity contribution in [3.05, 3.63) is 41.2 Å². The smallest absolute Gasteiger partial charge is 0.338 e. The van der Waals surface area contributed by atoms with E-state index in [-0.39, 0.29) is 17.0 Å². The molecule has 0 atom stereocenters. The highest BCUT2D eigenvalue weighted by molar-refractivity contribution is 7.89. The summed E-state index contributed by atoms with van der Waals surface area (Å²) < 4.78 is 39.6. The van der Waals surface area contributed by atoms with Crippen LogP contribution in [0.15, 0.2) is 29.2 Å². The second-order valence-corrected chi connectivity index (χ2v) is 5.96. The topological polar surface area (TPSA) is 83.5 Å². The molecule has 0 fully saturated rings. The molecule has 0 radical (unpaired) electrons. The summed E-state index contributed by atoms with van der Waals surface area (Å²) in [6, 6.07) is 1.88. The molecule has 1 aromatic rings. The zero-order valence-electron chi connectivity index (χ0n) is 10.5. The molecule has 0 aliphatic rings. The van der Waals surface area contributed by atoms with E-state index in [4.69, 9.17) is 5.11 Å². The van der Waals surface area contributed by atoms with Gasteiger partial charge in [0.2, 0.25) is 10.0 Å². The van der Waals surface area contributed by atoms with Crippen molar-refractivity contribution in [2.45, 2.75) is 18.7 Å². The molecule has 104 valence electrons. The number of rotatable bonds is 5. The van der Waals surface area contributed by atoms with E-state index < -0.39 is 27.4 Å². The lowest BCUT2D eigenvalue weighted by Gasteiger charge is -2.09. The van der Waals surface area contributed by atoms with E-state index in [1.165, 1.54) is 6.92 Å². The molecular formula is C12H14FNO4S. The van der Waals surface area contributed by atoms with Crippen LogP contribution in [0, 0.1) is 12.7 Å². The molecule has 0 saturated carbocycles. The van der Waals surface area contributed by atoms with E-state index >= 15 is 0 Å². The van der Waals surface area contributed by atoms with E-state index in [2.05, 4.69) is 11.3 Å². The van der Waals surface area contributed by atoms with Gasteiger partial charge in [-0.3, -0.25) is 0 Å². The van der Waals surface area contributed by atoms with Gasteiger partial charge >= 0.3 is 5.97 Å². The third-order valence-electron chi connectivity index (χ3n) is 2.33. The third kappa shape index (κ3) is 3.62. The Kier molecular flexibility index (Phi) is 4.43. The van der Waals surface area contributed by atoms with Gasteiger partial charge in [0.15, 0.2) is 0 Å². The van der Waals surface area contributed by atoms with Gasteiger partial charge in [-0.05, 0) is 31.5 Å². The van der Waals surface area contributed by atoms with Crippen molar-refractivity contribution in [1.29, 1.82) is 0 Å². The fourth-order valence-corrected chi connectivity index (χ4v) is 2.56. The molecule has 0 unspecified atom stereocenters. The minimum atomic E-state index is -3.89. The van der Waals surface area contributed by atoms with Crippen molar-refractivity contribution in [3.63, 3.8) is 0 Å². The van der Waals surface area contributed by atoms with Crippen LogP contribution < -0.4 is 4.72 Å². The summed E-state index contributed by atoms with van der Waals surface area (Å²) >= 11 is 0. The van der Waals surface area contributed by atoms with Crippen LogP contribution in [0.4, 0.5) is 4.39 Å². The number of carboxylic acids is 1. The molecule has 19 heavy (non-hydrogen) atoms. The quantitative estimate of drug-likeness (QED) is 0.807. The van der Waals surface area contributed by atoms with Gasteiger partial charge in [-0.25, -0.2) is 22.3 Å². The summed E-state index contributed by atoms with van der Waals surface area (Å²) in [5.74, 6) is -2.45. The molecule has 0 spiro atoms. The Labute approximate surface area is 110 Å². The lowest BCUT2D eigenvalue weighted by atomic mass is 10.1. The Bertz CT molecular complexity index is 637. The number of carboxylic acid groups (broad SMARTS) is 1.